The summed E-state index contributed by atoms with van der Waals surface area (Å²) in [5.41, 5.74) is 0. The van der Waals surface area contributed by atoms with Gasteiger partial charge in [-0.15, -0.1) is 11.6 Å². The molecule has 1 N–H and O–H groups in total. The van der Waals surface area contributed by atoms with Gasteiger partial charge in [-0.3, -0.25) is 0 Å². The molecule has 0 bridgehead atoms. The van der Waals surface area contributed by atoms with Gasteiger partial charge in [-0.05, 0) is 37.5 Å². The summed E-state index contributed by atoms with van der Waals surface area (Å²) >= 11 is 6.09. The molecule has 0 aromatic rings. The highest BCUT2D eigenvalue weighted by atomic mass is 35.5. The molecule has 1 saturated carbocycles. The third kappa shape index (κ3) is 6.63. The highest BCUT2D eigenvalue weighted by molar-refractivity contribution is 7.89. The zero-order valence-corrected chi connectivity index (χ0v) is 12.4. The molecule has 0 aliphatic heterocycles. The second kappa shape index (κ2) is 6.95. The fourth-order valence-electron chi connectivity index (χ4n) is 2.12. The van der Waals surface area contributed by atoms with Crippen LogP contribution in [0.2, 0.25) is 0 Å². The third-order valence-electron chi connectivity index (χ3n) is 3.27. The van der Waals surface area contributed by atoms with Gasteiger partial charge in [-0.1, -0.05) is 20.3 Å². The number of rotatable bonds is 6. The van der Waals surface area contributed by atoms with Crippen molar-refractivity contribution >= 4 is 21.6 Å². The number of hydrogen-bond donors (Lipinski definition) is 1. The molecule has 102 valence electrons. The minimum Gasteiger partial charge on any atom is -0.215 e. The second-order valence-electron chi connectivity index (χ2n) is 5.48. The highest BCUT2D eigenvalue weighted by Gasteiger charge is 2.21. The first-order chi connectivity index (χ1) is 7.89. The van der Waals surface area contributed by atoms with E-state index in [1.165, 1.54) is 0 Å². The Morgan fingerprint density at radius 1 is 1.35 bits per heavy atom. The SMILES string of the molecule is CC(C)CCS(=O)(=O)NCC1CCCC(Cl)C1. The smallest absolute Gasteiger partial charge is 0.211 e. The van der Waals surface area contributed by atoms with E-state index in [2.05, 4.69) is 4.72 Å². The molecule has 5 heteroatoms. The van der Waals surface area contributed by atoms with E-state index < -0.39 is 10.0 Å². The number of hydrogen-bond acceptors (Lipinski definition) is 2. The Morgan fingerprint density at radius 3 is 2.65 bits per heavy atom. The van der Waals surface area contributed by atoms with Gasteiger partial charge in [0, 0.05) is 11.9 Å². The predicted octanol–water partition coefficient (Wildman–Crippen LogP) is 2.75. The number of nitrogens with one attached hydrogen (secondary N) is 1. The lowest BCUT2D eigenvalue weighted by atomic mass is 9.89. The van der Waals surface area contributed by atoms with Crippen molar-refractivity contribution in [1.82, 2.24) is 4.72 Å². The standard InChI is InChI=1S/C12H24ClNO2S/c1-10(2)6-7-17(15,16)14-9-11-4-3-5-12(13)8-11/h10-12,14H,3-9H2,1-2H3. The minimum absolute atomic E-state index is 0.230. The molecule has 0 radical (unpaired) electrons. The zero-order valence-electron chi connectivity index (χ0n) is 10.8. The summed E-state index contributed by atoms with van der Waals surface area (Å²) in [4.78, 5) is 0. The topological polar surface area (TPSA) is 46.2 Å². The van der Waals surface area contributed by atoms with Crippen LogP contribution in [0.4, 0.5) is 0 Å². The zero-order chi connectivity index (χ0) is 12.9. The van der Waals surface area contributed by atoms with Crippen LogP contribution >= 0.6 is 11.6 Å². The molecule has 0 heterocycles. The van der Waals surface area contributed by atoms with Gasteiger partial charge >= 0.3 is 0 Å². The van der Waals surface area contributed by atoms with Crippen molar-refractivity contribution in [1.29, 1.82) is 0 Å². The summed E-state index contributed by atoms with van der Waals surface area (Å²) in [6, 6.07) is 0. The molecule has 1 fully saturated rings. The van der Waals surface area contributed by atoms with Crippen LogP contribution in [0.3, 0.4) is 0 Å². The Morgan fingerprint density at radius 2 is 2.06 bits per heavy atom. The highest BCUT2D eigenvalue weighted by Crippen LogP contribution is 2.27. The van der Waals surface area contributed by atoms with E-state index in [0.29, 0.717) is 18.4 Å². The van der Waals surface area contributed by atoms with Crippen LogP contribution in [-0.2, 0) is 10.0 Å². The fourth-order valence-corrected chi connectivity index (χ4v) is 3.94. The molecule has 2 unspecified atom stereocenters. The first-order valence-electron chi connectivity index (χ1n) is 6.50. The van der Waals surface area contributed by atoms with Gasteiger partial charge < -0.3 is 0 Å². The van der Waals surface area contributed by atoms with Gasteiger partial charge in [0.1, 0.15) is 0 Å². The maximum Gasteiger partial charge on any atom is 0.211 e. The molecule has 0 aromatic heterocycles. The first kappa shape index (κ1) is 15.3. The normalized spacial score (nSPS) is 26.4. The third-order valence-corrected chi connectivity index (χ3v) is 5.05. The van der Waals surface area contributed by atoms with Crippen molar-refractivity contribution in [2.45, 2.75) is 51.3 Å². The second-order valence-corrected chi connectivity index (χ2v) is 8.02. The average Bonchev–Trinajstić information content (AvgIpc) is 2.24. The van der Waals surface area contributed by atoms with Gasteiger partial charge in [0.15, 0.2) is 0 Å². The fraction of sp³-hybridized carbons (Fsp3) is 1.00. The lowest BCUT2D eigenvalue weighted by molar-refractivity contribution is 0.361. The molecule has 17 heavy (non-hydrogen) atoms. The van der Waals surface area contributed by atoms with E-state index in [1.807, 2.05) is 13.8 Å². The van der Waals surface area contributed by atoms with Crippen molar-refractivity contribution in [3.05, 3.63) is 0 Å². The molecule has 0 spiro atoms. The summed E-state index contributed by atoms with van der Waals surface area (Å²) in [7, 11) is -3.09. The largest absolute Gasteiger partial charge is 0.215 e. The van der Waals surface area contributed by atoms with E-state index in [0.717, 1.165) is 32.1 Å². The number of alkyl halides is 1. The molecule has 0 aromatic carbocycles. The summed E-state index contributed by atoms with van der Waals surface area (Å²) in [5.74, 6) is 1.08. The number of halogens is 1. The monoisotopic (exact) mass is 281 g/mol. The van der Waals surface area contributed by atoms with Crippen LogP contribution in [-0.4, -0.2) is 26.1 Å². The van der Waals surface area contributed by atoms with E-state index in [-0.39, 0.29) is 11.1 Å². The molecule has 2 atom stereocenters. The van der Waals surface area contributed by atoms with Crippen LogP contribution < -0.4 is 4.72 Å². The predicted molar refractivity (Wildman–Crippen MR) is 72.8 cm³/mol. The molecule has 1 rings (SSSR count). The molecule has 3 nitrogen and oxygen atoms in total. The van der Waals surface area contributed by atoms with Crippen molar-refractivity contribution in [2.75, 3.05) is 12.3 Å². The maximum absolute atomic E-state index is 11.7. The summed E-state index contributed by atoms with van der Waals surface area (Å²) in [5, 5.41) is 0.230. The first-order valence-corrected chi connectivity index (χ1v) is 8.59. The maximum atomic E-state index is 11.7. The van der Waals surface area contributed by atoms with E-state index >= 15 is 0 Å². The Hall–Kier alpha value is 0.200. The molecular weight excluding hydrogens is 258 g/mol. The lowest BCUT2D eigenvalue weighted by Crippen LogP contribution is -2.33. The van der Waals surface area contributed by atoms with Crippen LogP contribution in [0, 0.1) is 11.8 Å². The van der Waals surface area contributed by atoms with Crippen molar-refractivity contribution in [3.63, 3.8) is 0 Å². The van der Waals surface area contributed by atoms with Gasteiger partial charge in [0.25, 0.3) is 0 Å². The van der Waals surface area contributed by atoms with Crippen molar-refractivity contribution in [3.8, 4) is 0 Å². The molecule has 1 aliphatic rings. The quantitative estimate of drug-likeness (QED) is 0.761. The van der Waals surface area contributed by atoms with Crippen LogP contribution in [0.5, 0.6) is 0 Å². The summed E-state index contributed by atoms with van der Waals surface area (Å²) < 4.78 is 26.1. The van der Waals surface area contributed by atoms with Gasteiger partial charge in [0.2, 0.25) is 10.0 Å². The van der Waals surface area contributed by atoms with Crippen molar-refractivity contribution < 1.29 is 8.42 Å². The van der Waals surface area contributed by atoms with Crippen LogP contribution in [0.25, 0.3) is 0 Å². The van der Waals surface area contributed by atoms with Gasteiger partial charge in [-0.25, -0.2) is 13.1 Å². The average molecular weight is 282 g/mol. The van der Waals surface area contributed by atoms with Crippen LogP contribution in [0.1, 0.15) is 46.0 Å². The molecule has 0 saturated heterocycles. The molecular formula is C12H24ClNO2S. The number of sulfonamides is 1. The minimum atomic E-state index is -3.09. The Kier molecular flexibility index (Phi) is 6.24. The Bertz CT molecular complexity index is 316. The molecule has 0 amide bonds. The Balaban J connectivity index is 2.28. The Labute approximate surface area is 110 Å². The van der Waals surface area contributed by atoms with E-state index in [1.54, 1.807) is 0 Å². The van der Waals surface area contributed by atoms with Gasteiger partial charge in [0.05, 0.1) is 5.75 Å². The van der Waals surface area contributed by atoms with Crippen molar-refractivity contribution in [2.24, 2.45) is 11.8 Å². The molecule has 1 aliphatic carbocycles. The lowest BCUT2D eigenvalue weighted by Gasteiger charge is -2.25. The summed E-state index contributed by atoms with van der Waals surface area (Å²) in [6.07, 6.45) is 4.94. The van der Waals surface area contributed by atoms with Crippen LogP contribution in [0.15, 0.2) is 0 Å². The van der Waals surface area contributed by atoms with E-state index in [4.69, 9.17) is 11.6 Å². The van der Waals surface area contributed by atoms with E-state index in [9.17, 15) is 8.42 Å². The summed E-state index contributed by atoms with van der Waals surface area (Å²) in [6.45, 7) is 4.63. The van der Waals surface area contributed by atoms with Gasteiger partial charge in [-0.2, -0.15) is 0 Å².